The summed E-state index contributed by atoms with van der Waals surface area (Å²) in [7, 11) is 0. The third-order valence-electron chi connectivity index (χ3n) is 5.61. The molecular weight excluding hydrogens is 471 g/mol. The molecule has 0 aliphatic carbocycles. The first kappa shape index (κ1) is 27.2. The molecule has 0 radical (unpaired) electrons. The van der Waals surface area contributed by atoms with Gasteiger partial charge in [-0.2, -0.15) is 0 Å². The quantitative estimate of drug-likeness (QED) is 0.580. The average Bonchev–Trinajstić information content (AvgIpc) is 2.87. The van der Waals surface area contributed by atoms with Crippen LogP contribution in [0.3, 0.4) is 0 Å². The van der Waals surface area contributed by atoms with Gasteiger partial charge in [0, 0.05) is 25.9 Å². The number of hydrogen-bond acceptors (Lipinski definition) is 5. The van der Waals surface area contributed by atoms with Crippen LogP contribution in [-0.2, 0) is 19.1 Å². The van der Waals surface area contributed by atoms with E-state index in [0.29, 0.717) is 10.0 Å². The van der Waals surface area contributed by atoms with Crippen LogP contribution in [0.5, 0.6) is 0 Å². The van der Waals surface area contributed by atoms with E-state index in [1.807, 2.05) is 20.8 Å². The molecule has 8 nitrogen and oxygen atoms in total. The Hall–Kier alpha value is -2.03. The second-order valence-electron chi connectivity index (χ2n) is 9.81. The number of nitrogens with one attached hydrogen (secondary N) is 1. The molecule has 2 rings (SSSR count). The normalized spacial score (nSPS) is 21.8. The molecule has 0 aromatic heterocycles. The van der Waals surface area contributed by atoms with Crippen molar-refractivity contribution in [3.05, 3.63) is 33.8 Å². The zero-order valence-corrected chi connectivity index (χ0v) is 21.3. The third-order valence-corrected chi connectivity index (χ3v) is 6.35. The number of halogens is 2. The summed E-state index contributed by atoms with van der Waals surface area (Å²) < 4.78 is 11.6. The van der Waals surface area contributed by atoms with E-state index >= 15 is 0 Å². The first-order valence-electron chi connectivity index (χ1n) is 10.7. The maximum Gasteiger partial charge on any atom is 0.407 e. The Bertz CT molecular complexity index is 899. The van der Waals surface area contributed by atoms with Crippen LogP contribution in [0.1, 0.15) is 53.0 Å². The number of carbonyl (C=O) groups is 3. The lowest BCUT2D eigenvalue weighted by atomic mass is 9.88. The number of hydrogen-bond donors (Lipinski definition) is 2. The lowest BCUT2D eigenvalue weighted by Gasteiger charge is -2.34. The summed E-state index contributed by atoms with van der Waals surface area (Å²) in [5, 5.41) is 13.3. The molecule has 3 atom stereocenters. The zero-order valence-electron chi connectivity index (χ0n) is 19.8. The predicted octanol–water partition coefficient (Wildman–Crippen LogP) is 4.33. The summed E-state index contributed by atoms with van der Waals surface area (Å²) in [4.78, 5) is 37.4. The van der Waals surface area contributed by atoms with Crippen LogP contribution in [0, 0.1) is 5.41 Å². The molecule has 1 heterocycles. The number of esters is 1. The van der Waals surface area contributed by atoms with Gasteiger partial charge < -0.3 is 24.8 Å². The Morgan fingerprint density at radius 3 is 2.30 bits per heavy atom. The average molecular weight is 503 g/mol. The van der Waals surface area contributed by atoms with Crippen molar-refractivity contribution in [2.45, 2.75) is 65.3 Å². The topological polar surface area (TPSA) is 105 Å². The van der Waals surface area contributed by atoms with Crippen molar-refractivity contribution in [3.8, 4) is 0 Å². The van der Waals surface area contributed by atoms with Gasteiger partial charge in [-0.05, 0) is 37.0 Å². The standard InChI is InChI=1S/C23H32Cl2N2O6/c1-13(28)33-23(5,6)20(29)26-10-18-15(14-7-8-16(24)17(25)9-14)11-27(21(30)31)12-19(32-18)22(2,3)4/h7-9,15,18-19H,10-12H2,1-6H3,(H,26,29)(H,30,31). The van der Waals surface area contributed by atoms with Crippen LogP contribution in [0.4, 0.5) is 4.79 Å². The molecule has 33 heavy (non-hydrogen) atoms. The summed E-state index contributed by atoms with van der Waals surface area (Å²) in [5.74, 6) is -1.49. The number of amides is 2. The number of carboxylic acid groups (broad SMARTS) is 1. The molecule has 1 saturated heterocycles. The van der Waals surface area contributed by atoms with Gasteiger partial charge in [-0.1, -0.05) is 50.0 Å². The molecule has 1 aromatic rings. The maximum absolute atomic E-state index is 12.7. The van der Waals surface area contributed by atoms with Crippen molar-refractivity contribution >= 4 is 41.2 Å². The van der Waals surface area contributed by atoms with E-state index in [1.165, 1.54) is 25.7 Å². The molecule has 1 fully saturated rings. The molecule has 1 aromatic carbocycles. The molecule has 0 spiro atoms. The molecule has 2 amide bonds. The van der Waals surface area contributed by atoms with Gasteiger partial charge in [0.2, 0.25) is 0 Å². The van der Waals surface area contributed by atoms with E-state index < -0.39 is 41.7 Å². The first-order valence-corrected chi connectivity index (χ1v) is 11.4. The van der Waals surface area contributed by atoms with Gasteiger partial charge in [-0.25, -0.2) is 4.79 Å². The number of ether oxygens (including phenoxy) is 2. The fraction of sp³-hybridized carbons (Fsp3) is 0.609. The van der Waals surface area contributed by atoms with Crippen molar-refractivity contribution in [2.75, 3.05) is 19.6 Å². The Kier molecular flexibility index (Phi) is 8.65. The lowest BCUT2D eigenvalue weighted by Crippen LogP contribution is -2.49. The Balaban J connectivity index is 2.40. The highest BCUT2D eigenvalue weighted by Crippen LogP contribution is 2.35. The fourth-order valence-electron chi connectivity index (χ4n) is 3.68. The molecule has 10 heteroatoms. The Morgan fingerprint density at radius 1 is 1.15 bits per heavy atom. The van der Waals surface area contributed by atoms with Crippen LogP contribution < -0.4 is 5.32 Å². The Labute approximate surface area is 204 Å². The van der Waals surface area contributed by atoms with E-state index in [9.17, 15) is 19.5 Å². The lowest BCUT2D eigenvalue weighted by molar-refractivity contribution is -0.163. The largest absolute Gasteiger partial charge is 0.465 e. The fourth-order valence-corrected chi connectivity index (χ4v) is 3.98. The van der Waals surface area contributed by atoms with Gasteiger partial charge in [0.1, 0.15) is 0 Å². The molecule has 2 N–H and O–H groups in total. The first-order chi connectivity index (χ1) is 15.1. The second-order valence-corrected chi connectivity index (χ2v) is 10.6. The monoisotopic (exact) mass is 502 g/mol. The van der Waals surface area contributed by atoms with E-state index in [4.69, 9.17) is 32.7 Å². The minimum absolute atomic E-state index is 0.0779. The third kappa shape index (κ3) is 7.22. The molecule has 1 aliphatic rings. The highest BCUT2D eigenvalue weighted by Gasteiger charge is 2.40. The summed E-state index contributed by atoms with van der Waals surface area (Å²) >= 11 is 12.3. The molecular formula is C23H32Cl2N2O6. The number of carbonyl (C=O) groups excluding carboxylic acids is 2. The van der Waals surface area contributed by atoms with E-state index in [1.54, 1.807) is 18.2 Å². The van der Waals surface area contributed by atoms with Gasteiger partial charge in [0.25, 0.3) is 5.91 Å². The predicted molar refractivity (Wildman–Crippen MR) is 126 cm³/mol. The smallest absolute Gasteiger partial charge is 0.407 e. The van der Waals surface area contributed by atoms with Crippen LogP contribution in [0.25, 0.3) is 0 Å². The number of benzene rings is 1. The Morgan fingerprint density at radius 2 is 1.79 bits per heavy atom. The van der Waals surface area contributed by atoms with Crippen molar-refractivity contribution in [3.63, 3.8) is 0 Å². The van der Waals surface area contributed by atoms with Gasteiger partial charge in [-0.15, -0.1) is 0 Å². The maximum atomic E-state index is 12.7. The zero-order chi connectivity index (χ0) is 25.1. The van der Waals surface area contributed by atoms with Crippen molar-refractivity contribution in [1.82, 2.24) is 10.2 Å². The highest BCUT2D eigenvalue weighted by molar-refractivity contribution is 6.42. The van der Waals surface area contributed by atoms with Crippen LogP contribution >= 0.6 is 23.2 Å². The van der Waals surface area contributed by atoms with Gasteiger partial charge in [0.05, 0.1) is 28.8 Å². The van der Waals surface area contributed by atoms with Crippen molar-refractivity contribution in [2.24, 2.45) is 5.41 Å². The molecule has 184 valence electrons. The second kappa shape index (κ2) is 10.5. The van der Waals surface area contributed by atoms with E-state index in [0.717, 1.165) is 5.56 Å². The minimum Gasteiger partial charge on any atom is -0.465 e. The number of rotatable bonds is 5. The number of nitrogens with zero attached hydrogens (tertiary/aromatic N) is 1. The SMILES string of the molecule is CC(=O)OC(C)(C)C(=O)NCC1OC(C(C)(C)C)CN(C(=O)O)CC1c1ccc(Cl)c(Cl)c1. The van der Waals surface area contributed by atoms with E-state index in [-0.39, 0.29) is 25.0 Å². The summed E-state index contributed by atoms with van der Waals surface area (Å²) in [6.07, 6.45) is -2.06. The van der Waals surface area contributed by atoms with Crippen molar-refractivity contribution in [1.29, 1.82) is 0 Å². The molecule has 3 unspecified atom stereocenters. The van der Waals surface area contributed by atoms with Crippen LogP contribution in [0.15, 0.2) is 18.2 Å². The van der Waals surface area contributed by atoms with Gasteiger partial charge >= 0.3 is 12.1 Å². The minimum atomic E-state index is -1.37. The summed E-state index contributed by atoms with van der Waals surface area (Å²) in [5.41, 5.74) is -0.991. The van der Waals surface area contributed by atoms with Gasteiger partial charge in [0.15, 0.2) is 5.60 Å². The van der Waals surface area contributed by atoms with E-state index in [2.05, 4.69) is 5.32 Å². The molecule has 0 saturated carbocycles. The van der Waals surface area contributed by atoms with Crippen LogP contribution in [-0.4, -0.2) is 65.4 Å². The molecule has 0 bridgehead atoms. The van der Waals surface area contributed by atoms with Crippen LogP contribution in [0.2, 0.25) is 10.0 Å². The molecule has 1 aliphatic heterocycles. The summed E-state index contributed by atoms with van der Waals surface area (Å²) in [6.45, 7) is 10.5. The van der Waals surface area contributed by atoms with Crippen molar-refractivity contribution < 1.29 is 29.0 Å². The summed E-state index contributed by atoms with van der Waals surface area (Å²) in [6, 6.07) is 5.11. The van der Waals surface area contributed by atoms with Gasteiger partial charge in [-0.3, -0.25) is 9.59 Å². The highest BCUT2D eigenvalue weighted by atomic mass is 35.5.